The predicted octanol–water partition coefficient (Wildman–Crippen LogP) is 3.04. The van der Waals surface area contributed by atoms with Crippen molar-refractivity contribution in [1.29, 1.82) is 0 Å². The Morgan fingerprint density at radius 2 is 2.38 bits per heavy atom. The SMILES string of the molecule is C=C(Br)CNCc1cccc2c1NCCC2. The number of fused-ring (bicyclic) bond motifs is 1. The fourth-order valence-electron chi connectivity index (χ4n) is 2.06. The van der Waals surface area contributed by atoms with E-state index in [0.717, 1.165) is 24.1 Å². The van der Waals surface area contributed by atoms with Crippen LogP contribution in [-0.4, -0.2) is 13.1 Å². The van der Waals surface area contributed by atoms with Gasteiger partial charge in [0.05, 0.1) is 0 Å². The molecule has 1 aliphatic rings. The van der Waals surface area contributed by atoms with Gasteiger partial charge in [0, 0.05) is 29.8 Å². The standard InChI is InChI=1S/C13H17BrN2/c1-10(14)8-15-9-12-5-2-4-11-6-3-7-16-13(11)12/h2,4-5,15-16H,1,3,6-9H2. The lowest BCUT2D eigenvalue weighted by atomic mass is 9.99. The van der Waals surface area contributed by atoms with E-state index in [-0.39, 0.29) is 0 Å². The molecule has 0 fully saturated rings. The molecule has 86 valence electrons. The van der Waals surface area contributed by atoms with Gasteiger partial charge in [0.1, 0.15) is 0 Å². The topological polar surface area (TPSA) is 24.1 Å². The van der Waals surface area contributed by atoms with Gasteiger partial charge in [-0.2, -0.15) is 0 Å². The zero-order valence-corrected chi connectivity index (χ0v) is 10.9. The minimum absolute atomic E-state index is 0.809. The fraction of sp³-hybridized carbons (Fsp3) is 0.385. The van der Waals surface area contributed by atoms with E-state index in [9.17, 15) is 0 Å². The Morgan fingerprint density at radius 3 is 3.19 bits per heavy atom. The molecule has 1 aromatic rings. The van der Waals surface area contributed by atoms with E-state index >= 15 is 0 Å². The van der Waals surface area contributed by atoms with Gasteiger partial charge >= 0.3 is 0 Å². The van der Waals surface area contributed by atoms with Crippen molar-refractivity contribution < 1.29 is 0 Å². The summed E-state index contributed by atoms with van der Waals surface area (Å²) < 4.78 is 0.991. The Labute approximate surface area is 105 Å². The summed E-state index contributed by atoms with van der Waals surface area (Å²) in [4.78, 5) is 0. The summed E-state index contributed by atoms with van der Waals surface area (Å²) >= 11 is 3.35. The normalized spacial score (nSPS) is 14.1. The monoisotopic (exact) mass is 280 g/mol. The van der Waals surface area contributed by atoms with Crippen molar-refractivity contribution in [2.24, 2.45) is 0 Å². The van der Waals surface area contributed by atoms with Crippen molar-refractivity contribution in [2.75, 3.05) is 18.4 Å². The van der Waals surface area contributed by atoms with E-state index in [2.05, 4.69) is 51.3 Å². The first-order valence-corrected chi connectivity index (χ1v) is 6.45. The first kappa shape index (κ1) is 11.7. The van der Waals surface area contributed by atoms with Crippen LogP contribution in [0.1, 0.15) is 17.5 Å². The second-order valence-electron chi connectivity index (χ2n) is 4.10. The maximum absolute atomic E-state index is 3.81. The van der Waals surface area contributed by atoms with Crippen LogP contribution in [-0.2, 0) is 13.0 Å². The Kier molecular flexibility index (Phi) is 4.02. The highest BCUT2D eigenvalue weighted by molar-refractivity contribution is 9.11. The number of hydrogen-bond acceptors (Lipinski definition) is 2. The van der Waals surface area contributed by atoms with Crippen molar-refractivity contribution in [3.05, 3.63) is 40.4 Å². The largest absolute Gasteiger partial charge is 0.385 e. The molecule has 1 aromatic carbocycles. The van der Waals surface area contributed by atoms with E-state index in [1.54, 1.807) is 0 Å². The first-order valence-electron chi connectivity index (χ1n) is 5.66. The minimum atomic E-state index is 0.809. The lowest BCUT2D eigenvalue weighted by molar-refractivity contribution is 0.748. The van der Waals surface area contributed by atoms with E-state index in [1.807, 2.05) is 0 Å². The number of anilines is 1. The van der Waals surface area contributed by atoms with Gasteiger partial charge in [0.2, 0.25) is 0 Å². The van der Waals surface area contributed by atoms with Crippen molar-refractivity contribution in [3.8, 4) is 0 Å². The molecule has 0 amide bonds. The maximum atomic E-state index is 3.81. The number of benzene rings is 1. The highest BCUT2D eigenvalue weighted by Crippen LogP contribution is 2.25. The smallest absolute Gasteiger partial charge is 0.0418 e. The molecule has 3 heteroatoms. The van der Waals surface area contributed by atoms with Crippen LogP contribution < -0.4 is 10.6 Å². The predicted molar refractivity (Wildman–Crippen MR) is 73.0 cm³/mol. The number of halogens is 1. The zero-order chi connectivity index (χ0) is 11.4. The quantitative estimate of drug-likeness (QED) is 0.886. The molecule has 1 aliphatic heterocycles. The van der Waals surface area contributed by atoms with Crippen LogP contribution in [0, 0.1) is 0 Å². The van der Waals surface area contributed by atoms with Gasteiger partial charge in [0.25, 0.3) is 0 Å². The van der Waals surface area contributed by atoms with Gasteiger partial charge in [-0.15, -0.1) is 0 Å². The molecule has 0 aromatic heterocycles. The molecule has 16 heavy (non-hydrogen) atoms. The Hall–Kier alpha value is -0.800. The summed E-state index contributed by atoms with van der Waals surface area (Å²) in [7, 11) is 0. The fourth-order valence-corrected chi connectivity index (χ4v) is 2.26. The van der Waals surface area contributed by atoms with Crippen LogP contribution in [0.15, 0.2) is 29.3 Å². The molecule has 2 N–H and O–H groups in total. The number of rotatable bonds is 4. The number of nitrogens with one attached hydrogen (secondary N) is 2. The third-order valence-electron chi connectivity index (χ3n) is 2.79. The van der Waals surface area contributed by atoms with Gasteiger partial charge < -0.3 is 10.6 Å². The Bertz CT molecular complexity index is 388. The molecule has 0 saturated heterocycles. The van der Waals surface area contributed by atoms with Crippen LogP contribution in [0.5, 0.6) is 0 Å². The molecule has 2 nitrogen and oxygen atoms in total. The van der Waals surface area contributed by atoms with Gasteiger partial charge in [-0.05, 0) is 24.0 Å². The molecule has 0 unspecified atom stereocenters. The van der Waals surface area contributed by atoms with E-state index < -0.39 is 0 Å². The lowest BCUT2D eigenvalue weighted by Gasteiger charge is -2.21. The highest BCUT2D eigenvalue weighted by atomic mass is 79.9. The van der Waals surface area contributed by atoms with Gasteiger partial charge in [-0.1, -0.05) is 40.7 Å². The van der Waals surface area contributed by atoms with Crippen LogP contribution >= 0.6 is 15.9 Å². The molecular formula is C13H17BrN2. The summed E-state index contributed by atoms with van der Waals surface area (Å²) in [5.41, 5.74) is 4.13. The molecule has 2 rings (SSSR count). The summed E-state index contributed by atoms with van der Waals surface area (Å²) in [5, 5.41) is 6.86. The zero-order valence-electron chi connectivity index (χ0n) is 9.35. The molecule has 0 spiro atoms. The van der Waals surface area contributed by atoms with E-state index in [1.165, 1.54) is 29.7 Å². The molecular weight excluding hydrogens is 264 g/mol. The van der Waals surface area contributed by atoms with Gasteiger partial charge in [-0.3, -0.25) is 0 Å². The third kappa shape index (κ3) is 2.86. The van der Waals surface area contributed by atoms with Crippen molar-refractivity contribution in [1.82, 2.24) is 5.32 Å². The number of para-hydroxylation sites is 1. The second kappa shape index (κ2) is 5.51. The number of hydrogen-bond donors (Lipinski definition) is 2. The Balaban J connectivity index is 2.05. The average Bonchev–Trinajstić information content (AvgIpc) is 2.29. The molecule has 1 heterocycles. The highest BCUT2D eigenvalue weighted by Gasteiger charge is 2.11. The number of aryl methyl sites for hydroxylation is 1. The van der Waals surface area contributed by atoms with Gasteiger partial charge in [-0.25, -0.2) is 0 Å². The van der Waals surface area contributed by atoms with Crippen molar-refractivity contribution >= 4 is 21.6 Å². The van der Waals surface area contributed by atoms with Crippen molar-refractivity contribution in [3.63, 3.8) is 0 Å². The van der Waals surface area contributed by atoms with Crippen LogP contribution in [0.4, 0.5) is 5.69 Å². The Morgan fingerprint density at radius 1 is 1.50 bits per heavy atom. The molecule has 0 atom stereocenters. The van der Waals surface area contributed by atoms with Gasteiger partial charge in [0.15, 0.2) is 0 Å². The summed E-state index contributed by atoms with van der Waals surface area (Å²) in [6.07, 6.45) is 2.43. The lowest BCUT2D eigenvalue weighted by Crippen LogP contribution is -2.19. The summed E-state index contributed by atoms with van der Waals surface area (Å²) in [6, 6.07) is 6.54. The molecule has 0 saturated carbocycles. The molecule has 0 aliphatic carbocycles. The summed E-state index contributed by atoms with van der Waals surface area (Å²) in [5.74, 6) is 0. The van der Waals surface area contributed by atoms with Crippen molar-refractivity contribution in [2.45, 2.75) is 19.4 Å². The third-order valence-corrected chi connectivity index (χ3v) is 3.07. The molecule has 0 bridgehead atoms. The minimum Gasteiger partial charge on any atom is -0.385 e. The average molecular weight is 281 g/mol. The maximum Gasteiger partial charge on any atom is 0.0418 e. The van der Waals surface area contributed by atoms with Crippen LogP contribution in [0.2, 0.25) is 0 Å². The summed E-state index contributed by atoms with van der Waals surface area (Å²) in [6.45, 7) is 6.60. The first-order chi connectivity index (χ1) is 7.77. The van der Waals surface area contributed by atoms with E-state index in [4.69, 9.17) is 0 Å². The van der Waals surface area contributed by atoms with E-state index in [0.29, 0.717) is 0 Å². The van der Waals surface area contributed by atoms with Crippen LogP contribution in [0.25, 0.3) is 0 Å². The second-order valence-corrected chi connectivity index (χ2v) is 5.22. The van der Waals surface area contributed by atoms with Crippen LogP contribution in [0.3, 0.4) is 0 Å². The molecule has 0 radical (unpaired) electrons.